The molecule has 6 heteroatoms. The Balaban J connectivity index is 2.40. The Labute approximate surface area is 139 Å². The topological polar surface area (TPSA) is 50.9 Å². The Morgan fingerprint density at radius 1 is 1.48 bits per heavy atom. The summed E-state index contributed by atoms with van der Waals surface area (Å²) in [7, 11) is 0. The fraction of sp³-hybridized carbons (Fsp3) is 0.333. The van der Waals surface area contributed by atoms with Crippen molar-refractivity contribution >= 4 is 46.0 Å². The van der Waals surface area contributed by atoms with Crippen LogP contribution in [0.2, 0.25) is 0 Å². The normalized spacial score (nSPS) is 11.4. The second-order valence-corrected chi connectivity index (χ2v) is 7.70. The van der Waals surface area contributed by atoms with Crippen molar-refractivity contribution in [1.29, 1.82) is 0 Å². The lowest BCUT2D eigenvalue weighted by molar-refractivity contribution is 0.604. The highest BCUT2D eigenvalue weighted by atomic mass is 32.2. The number of nitrogens with zero attached hydrogens (tertiary/aromatic N) is 1. The van der Waals surface area contributed by atoms with Gasteiger partial charge in [0.05, 0.1) is 5.54 Å². The van der Waals surface area contributed by atoms with Gasteiger partial charge in [0.25, 0.3) is 0 Å². The molecule has 2 rings (SSSR count). The molecule has 0 unspecified atom stereocenters. The standard InChI is InChI=1S/C15H19N3S3/c1-4-20-11-7-5-6-10(12(11)13(16)19)18-15(2,3)14-17-8-9-21-14/h5-9,18H,4H2,1-3H3,(H2,16,19). The van der Waals surface area contributed by atoms with Gasteiger partial charge in [0.15, 0.2) is 0 Å². The number of anilines is 1. The van der Waals surface area contributed by atoms with Gasteiger partial charge in [0.2, 0.25) is 0 Å². The van der Waals surface area contributed by atoms with Crippen LogP contribution in [-0.4, -0.2) is 15.7 Å². The van der Waals surface area contributed by atoms with E-state index in [0.29, 0.717) is 4.99 Å². The highest BCUT2D eigenvalue weighted by Gasteiger charge is 2.25. The van der Waals surface area contributed by atoms with Gasteiger partial charge in [-0.15, -0.1) is 23.1 Å². The van der Waals surface area contributed by atoms with E-state index in [1.807, 2.05) is 23.7 Å². The average Bonchev–Trinajstić information content (AvgIpc) is 2.93. The molecule has 21 heavy (non-hydrogen) atoms. The molecule has 3 nitrogen and oxygen atoms in total. The van der Waals surface area contributed by atoms with Crippen LogP contribution in [0.1, 0.15) is 31.3 Å². The zero-order valence-corrected chi connectivity index (χ0v) is 14.8. The lowest BCUT2D eigenvalue weighted by Gasteiger charge is -2.27. The minimum atomic E-state index is -0.275. The summed E-state index contributed by atoms with van der Waals surface area (Å²) >= 11 is 8.63. The van der Waals surface area contributed by atoms with Crippen molar-refractivity contribution in [3.8, 4) is 0 Å². The molecule has 112 valence electrons. The first kappa shape index (κ1) is 16.3. The molecule has 0 radical (unpaired) electrons. The van der Waals surface area contributed by atoms with Crippen LogP contribution in [0.3, 0.4) is 0 Å². The summed E-state index contributed by atoms with van der Waals surface area (Å²) in [5, 5.41) is 6.55. The summed E-state index contributed by atoms with van der Waals surface area (Å²) in [6.45, 7) is 6.33. The molecular weight excluding hydrogens is 318 g/mol. The van der Waals surface area contributed by atoms with Crippen LogP contribution in [0.15, 0.2) is 34.7 Å². The monoisotopic (exact) mass is 337 g/mol. The summed E-state index contributed by atoms with van der Waals surface area (Å²) in [5.74, 6) is 0.981. The number of thioether (sulfide) groups is 1. The molecule has 0 amide bonds. The van der Waals surface area contributed by atoms with Crippen LogP contribution >= 0.6 is 35.3 Å². The van der Waals surface area contributed by atoms with E-state index in [1.165, 1.54) is 0 Å². The van der Waals surface area contributed by atoms with Crippen molar-refractivity contribution in [2.45, 2.75) is 31.2 Å². The van der Waals surface area contributed by atoms with E-state index < -0.39 is 0 Å². The zero-order valence-electron chi connectivity index (χ0n) is 12.3. The molecule has 0 saturated carbocycles. The number of benzene rings is 1. The third-order valence-electron chi connectivity index (χ3n) is 2.99. The molecule has 0 aliphatic carbocycles. The third kappa shape index (κ3) is 3.75. The van der Waals surface area contributed by atoms with Crippen LogP contribution in [0.25, 0.3) is 0 Å². The first-order chi connectivity index (χ1) is 9.95. The van der Waals surface area contributed by atoms with Crippen LogP contribution in [-0.2, 0) is 5.54 Å². The Hall–Kier alpha value is -1.11. The predicted octanol–water partition coefficient (Wildman–Crippen LogP) is 4.24. The van der Waals surface area contributed by atoms with Gasteiger partial charge in [-0.25, -0.2) is 4.98 Å². The fourth-order valence-corrected chi connectivity index (χ4v) is 3.94. The average molecular weight is 338 g/mol. The highest BCUT2D eigenvalue weighted by molar-refractivity contribution is 7.99. The smallest absolute Gasteiger partial charge is 0.117 e. The maximum Gasteiger partial charge on any atom is 0.117 e. The molecule has 1 heterocycles. The summed E-state index contributed by atoms with van der Waals surface area (Å²) in [5.41, 5.74) is 7.55. The van der Waals surface area contributed by atoms with Crippen molar-refractivity contribution in [2.24, 2.45) is 5.73 Å². The van der Waals surface area contributed by atoms with Gasteiger partial charge in [-0.3, -0.25) is 0 Å². The minimum Gasteiger partial charge on any atom is -0.389 e. The molecule has 3 N–H and O–H groups in total. The van der Waals surface area contributed by atoms with E-state index in [0.717, 1.165) is 26.9 Å². The lowest BCUT2D eigenvalue weighted by Crippen LogP contribution is -2.29. The second-order valence-electron chi connectivity index (χ2n) is 5.06. The SMILES string of the molecule is CCSc1cccc(NC(C)(C)c2nccs2)c1C(N)=S. The van der Waals surface area contributed by atoms with Gasteiger partial charge in [-0.05, 0) is 31.7 Å². The van der Waals surface area contributed by atoms with E-state index in [-0.39, 0.29) is 5.54 Å². The number of nitrogens with one attached hydrogen (secondary N) is 1. The zero-order chi connectivity index (χ0) is 15.5. The molecule has 1 aromatic heterocycles. The van der Waals surface area contributed by atoms with Crippen molar-refractivity contribution in [3.63, 3.8) is 0 Å². The van der Waals surface area contributed by atoms with Crippen LogP contribution < -0.4 is 11.1 Å². The number of rotatable bonds is 6. The first-order valence-electron chi connectivity index (χ1n) is 6.69. The van der Waals surface area contributed by atoms with Gasteiger partial charge < -0.3 is 11.1 Å². The van der Waals surface area contributed by atoms with Crippen molar-refractivity contribution in [2.75, 3.05) is 11.1 Å². The molecule has 2 aromatic rings. The minimum absolute atomic E-state index is 0.275. The fourth-order valence-electron chi connectivity index (χ4n) is 2.09. The number of hydrogen-bond acceptors (Lipinski definition) is 5. The lowest BCUT2D eigenvalue weighted by atomic mass is 10.0. The van der Waals surface area contributed by atoms with E-state index in [9.17, 15) is 0 Å². The van der Waals surface area contributed by atoms with Gasteiger partial charge >= 0.3 is 0 Å². The Morgan fingerprint density at radius 3 is 2.81 bits per heavy atom. The van der Waals surface area contributed by atoms with Crippen molar-refractivity contribution < 1.29 is 0 Å². The summed E-state index contributed by atoms with van der Waals surface area (Å²) in [6.07, 6.45) is 1.82. The maximum absolute atomic E-state index is 5.95. The van der Waals surface area contributed by atoms with Gasteiger partial charge in [0, 0.05) is 27.7 Å². The first-order valence-corrected chi connectivity index (χ1v) is 8.97. The predicted molar refractivity (Wildman–Crippen MR) is 97.5 cm³/mol. The number of aromatic nitrogens is 1. The molecule has 0 bridgehead atoms. The second kappa shape index (κ2) is 6.77. The quantitative estimate of drug-likeness (QED) is 0.610. The van der Waals surface area contributed by atoms with Gasteiger partial charge in [-0.1, -0.05) is 25.2 Å². The summed E-state index contributed by atoms with van der Waals surface area (Å²) in [4.78, 5) is 5.94. The number of thiazole rings is 1. The molecule has 0 aliphatic rings. The van der Waals surface area contributed by atoms with Gasteiger partial charge in [-0.2, -0.15) is 0 Å². The van der Waals surface area contributed by atoms with E-state index in [2.05, 4.69) is 37.1 Å². The summed E-state index contributed by atoms with van der Waals surface area (Å²) in [6, 6.07) is 6.10. The molecular formula is C15H19N3S3. The molecule has 0 fully saturated rings. The number of thiocarbonyl (C=S) groups is 1. The maximum atomic E-state index is 5.95. The largest absolute Gasteiger partial charge is 0.389 e. The Kier molecular flexibility index (Phi) is 5.24. The molecule has 0 aliphatic heterocycles. The third-order valence-corrected chi connectivity index (χ3v) is 5.23. The Bertz CT molecular complexity index is 621. The molecule has 0 atom stereocenters. The molecule has 1 aromatic carbocycles. The van der Waals surface area contributed by atoms with Gasteiger partial charge in [0.1, 0.15) is 10.00 Å². The molecule has 0 spiro atoms. The van der Waals surface area contributed by atoms with Crippen molar-refractivity contribution in [3.05, 3.63) is 40.3 Å². The number of hydrogen-bond donors (Lipinski definition) is 2. The summed E-state index contributed by atoms with van der Waals surface area (Å²) < 4.78 is 0. The van der Waals surface area contributed by atoms with Crippen LogP contribution in [0.5, 0.6) is 0 Å². The molecule has 0 saturated heterocycles. The van der Waals surface area contributed by atoms with E-state index >= 15 is 0 Å². The number of nitrogens with two attached hydrogens (primary N) is 1. The Morgan fingerprint density at radius 2 is 2.24 bits per heavy atom. The van der Waals surface area contributed by atoms with Crippen molar-refractivity contribution in [1.82, 2.24) is 4.98 Å². The van der Waals surface area contributed by atoms with E-state index in [1.54, 1.807) is 23.1 Å². The van der Waals surface area contributed by atoms with Crippen LogP contribution in [0, 0.1) is 0 Å². The highest BCUT2D eigenvalue weighted by Crippen LogP contribution is 2.33. The van der Waals surface area contributed by atoms with E-state index in [4.69, 9.17) is 18.0 Å². The van der Waals surface area contributed by atoms with Crippen LogP contribution in [0.4, 0.5) is 5.69 Å².